The van der Waals surface area contributed by atoms with Crippen LogP contribution in [0.15, 0.2) is 18.2 Å². The third kappa shape index (κ3) is 2.45. The van der Waals surface area contributed by atoms with Gasteiger partial charge in [-0.25, -0.2) is 0 Å². The van der Waals surface area contributed by atoms with E-state index >= 15 is 0 Å². The predicted octanol–water partition coefficient (Wildman–Crippen LogP) is 4.49. The van der Waals surface area contributed by atoms with Gasteiger partial charge < -0.3 is 10.6 Å². The standard InChI is InChI=1S/C15H19F3N2/c16-15(17,18)11-5-4-6-12-13(11)20-10-14(9-19-12)7-2-1-3-8-14/h4-6,19-20H,1-3,7-10H2. The number of para-hydroxylation sites is 1. The number of halogens is 3. The lowest BCUT2D eigenvalue weighted by atomic mass is 9.74. The van der Waals surface area contributed by atoms with Crippen molar-refractivity contribution in [3.8, 4) is 0 Å². The Bertz CT molecular complexity index is 490. The van der Waals surface area contributed by atoms with Crippen LogP contribution in [0.1, 0.15) is 37.7 Å². The van der Waals surface area contributed by atoms with Crippen LogP contribution in [0.4, 0.5) is 24.5 Å². The third-order valence-corrected chi connectivity index (χ3v) is 4.58. The molecule has 20 heavy (non-hydrogen) atoms. The van der Waals surface area contributed by atoms with E-state index in [-0.39, 0.29) is 11.1 Å². The number of hydrogen-bond donors (Lipinski definition) is 2. The number of rotatable bonds is 0. The highest BCUT2D eigenvalue weighted by molar-refractivity contribution is 5.74. The largest absolute Gasteiger partial charge is 0.418 e. The van der Waals surface area contributed by atoms with E-state index in [1.165, 1.54) is 25.3 Å². The molecule has 2 N–H and O–H groups in total. The predicted molar refractivity (Wildman–Crippen MR) is 73.9 cm³/mol. The van der Waals surface area contributed by atoms with Gasteiger partial charge in [-0.1, -0.05) is 25.3 Å². The number of hydrogen-bond acceptors (Lipinski definition) is 2. The van der Waals surface area contributed by atoms with E-state index in [1.54, 1.807) is 6.07 Å². The average Bonchev–Trinajstić information content (AvgIpc) is 2.59. The normalized spacial score (nSPS) is 21.6. The fourth-order valence-electron chi connectivity index (χ4n) is 3.40. The molecule has 3 rings (SSSR count). The van der Waals surface area contributed by atoms with E-state index in [1.807, 2.05) is 0 Å². The van der Waals surface area contributed by atoms with Crippen molar-refractivity contribution in [2.75, 3.05) is 23.7 Å². The van der Waals surface area contributed by atoms with Crippen LogP contribution < -0.4 is 10.6 Å². The average molecular weight is 284 g/mol. The summed E-state index contributed by atoms with van der Waals surface area (Å²) < 4.78 is 39.2. The second-order valence-electron chi connectivity index (χ2n) is 5.99. The van der Waals surface area contributed by atoms with Crippen LogP contribution in [0, 0.1) is 5.41 Å². The Balaban J connectivity index is 1.90. The summed E-state index contributed by atoms with van der Waals surface area (Å²) in [5.74, 6) is 0. The van der Waals surface area contributed by atoms with Crippen LogP contribution in [-0.2, 0) is 6.18 Å². The Morgan fingerprint density at radius 2 is 1.65 bits per heavy atom. The summed E-state index contributed by atoms with van der Waals surface area (Å²) in [5.41, 5.74) is 0.306. The summed E-state index contributed by atoms with van der Waals surface area (Å²) in [6, 6.07) is 4.33. The van der Waals surface area contributed by atoms with Gasteiger partial charge in [0.15, 0.2) is 0 Å². The molecule has 1 aromatic rings. The van der Waals surface area contributed by atoms with Crippen LogP contribution in [0.2, 0.25) is 0 Å². The molecule has 0 atom stereocenters. The monoisotopic (exact) mass is 284 g/mol. The number of nitrogens with one attached hydrogen (secondary N) is 2. The topological polar surface area (TPSA) is 24.1 Å². The molecule has 1 aromatic carbocycles. The van der Waals surface area contributed by atoms with E-state index in [2.05, 4.69) is 10.6 Å². The van der Waals surface area contributed by atoms with Crippen molar-refractivity contribution in [2.45, 2.75) is 38.3 Å². The van der Waals surface area contributed by atoms with Gasteiger partial charge in [-0.05, 0) is 25.0 Å². The zero-order valence-corrected chi connectivity index (χ0v) is 11.3. The van der Waals surface area contributed by atoms with Crippen molar-refractivity contribution >= 4 is 11.4 Å². The molecular formula is C15H19F3N2. The van der Waals surface area contributed by atoms with Crippen LogP contribution >= 0.6 is 0 Å². The molecule has 0 bridgehead atoms. The van der Waals surface area contributed by atoms with Gasteiger partial charge in [0.2, 0.25) is 0 Å². The van der Waals surface area contributed by atoms with Gasteiger partial charge in [-0.2, -0.15) is 13.2 Å². The van der Waals surface area contributed by atoms with E-state index < -0.39 is 11.7 Å². The summed E-state index contributed by atoms with van der Waals surface area (Å²) in [6.07, 6.45) is 1.44. The van der Waals surface area contributed by atoms with Gasteiger partial charge in [0.05, 0.1) is 16.9 Å². The first kappa shape index (κ1) is 13.6. The molecule has 5 heteroatoms. The highest BCUT2D eigenvalue weighted by atomic mass is 19.4. The van der Waals surface area contributed by atoms with Crippen LogP contribution in [0.3, 0.4) is 0 Å². The van der Waals surface area contributed by atoms with E-state index in [0.29, 0.717) is 12.2 Å². The lowest BCUT2D eigenvalue weighted by molar-refractivity contribution is -0.136. The molecule has 2 aliphatic rings. The third-order valence-electron chi connectivity index (χ3n) is 4.58. The maximum absolute atomic E-state index is 13.1. The smallest absolute Gasteiger partial charge is 0.383 e. The first-order chi connectivity index (χ1) is 9.50. The lowest BCUT2D eigenvalue weighted by Crippen LogP contribution is -2.36. The number of fused-ring (bicyclic) bond motifs is 1. The van der Waals surface area contributed by atoms with Crippen LogP contribution in [-0.4, -0.2) is 13.1 Å². The molecule has 1 fully saturated rings. The van der Waals surface area contributed by atoms with Gasteiger partial charge in [0, 0.05) is 18.5 Å². The summed E-state index contributed by atoms with van der Waals surface area (Å²) in [7, 11) is 0. The SMILES string of the molecule is FC(F)(F)c1cccc2c1NCC1(CCCCC1)CN2. The molecule has 1 aliphatic heterocycles. The highest BCUT2D eigenvalue weighted by Crippen LogP contribution is 2.44. The van der Waals surface area contributed by atoms with Crippen LogP contribution in [0.5, 0.6) is 0 Å². The van der Waals surface area contributed by atoms with Gasteiger partial charge in [-0.15, -0.1) is 0 Å². The first-order valence-corrected chi connectivity index (χ1v) is 7.18. The van der Waals surface area contributed by atoms with Gasteiger partial charge in [0.25, 0.3) is 0 Å². The fraction of sp³-hybridized carbons (Fsp3) is 0.600. The molecule has 1 aliphatic carbocycles. The van der Waals surface area contributed by atoms with E-state index in [0.717, 1.165) is 25.5 Å². The Kier molecular flexibility index (Phi) is 3.30. The molecule has 1 saturated carbocycles. The highest BCUT2D eigenvalue weighted by Gasteiger charge is 2.38. The van der Waals surface area contributed by atoms with Crippen molar-refractivity contribution in [3.63, 3.8) is 0 Å². The minimum absolute atomic E-state index is 0.0974. The zero-order valence-electron chi connectivity index (χ0n) is 11.3. The Morgan fingerprint density at radius 1 is 0.950 bits per heavy atom. The molecule has 0 radical (unpaired) electrons. The van der Waals surface area contributed by atoms with Gasteiger partial charge in [0.1, 0.15) is 0 Å². The minimum atomic E-state index is -4.32. The minimum Gasteiger partial charge on any atom is -0.383 e. The second kappa shape index (κ2) is 4.86. The maximum atomic E-state index is 13.1. The molecule has 0 amide bonds. The molecule has 110 valence electrons. The van der Waals surface area contributed by atoms with Crippen molar-refractivity contribution in [2.24, 2.45) is 5.41 Å². The molecule has 0 unspecified atom stereocenters. The van der Waals surface area contributed by atoms with Crippen molar-refractivity contribution in [1.82, 2.24) is 0 Å². The number of anilines is 2. The summed E-state index contributed by atoms with van der Waals surface area (Å²) >= 11 is 0. The zero-order chi connectivity index (χ0) is 14.2. The molecule has 0 saturated heterocycles. The summed E-state index contributed by atoms with van der Waals surface area (Å²) in [5, 5.41) is 6.31. The molecule has 1 heterocycles. The quantitative estimate of drug-likeness (QED) is 0.733. The first-order valence-electron chi connectivity index (χ1n) is 7.18. The molecule has 0 aromatic heterocycles. The number of benzene rings is 1. The molecular weight excluding hydrogens is 265 g/mol. The number of alkyl halides is 3. The Labute approximate surface area is 116 Å². The van der Waals surface area contributed by atoms with Crippen molar-refractivity contribution < 1.29 is 13.2 Å². The lowest BCUT2D eigenvalue weighted by Gasteiger charge is -2.36. The summed E-state index contributed by atoms with van der Waals surface area (Å²) in [4.78, 5) is 0. The van der Waals surface area contributed by atoms with Gasteiger partial charge >= 0.3 is 6.18 Å². The Hall–Kier alpha value is -1.39. The second-order valence-corrected chi connectivity index (χ2v) is 5.99. The van der Waals surface area contributed by atoms with Crippen molar-refractivity contribution in [3.05, 3.63) is 23.8 Å². The Morgan fingerprint density at radius 3 is 2.35 bits per heavy atom. The molecule has 1 spiro atoms. The van der Waals surface area contributed by atoms with Gasteiger partial charge in [-0.3, -0.25) is 0 Å². The van der Waals surface area contributed by atoms with E-state index in [4.69, 9.17) is 0 Å². The summed E-state index contributed by atoms with van der Waals surface area (Å²) in [6.45, 7) is 1.38. The molecule has 2 nitrogen and oxygen atoms in total. The van der Waals surface area contributed by atoms with E-state index in [9.17, 15) is 13.2 Å². The fourth-order valence-corrected chi connectivity index (χ4v) is 3.40. The van der Waals surface area contributed by atoms with Crippen molar-refractivity contribution in [1.29, 1.82) is 0 Å². The maximum Gasteiger partial charge on any atom is 0.418 e. The van der Waals surface area contributed by atoms with Crippen LogP contribution in [0.25, 0.3) is 0 Å².